The van der Waals surface area contributed by atoms with E-state index in [4.69, 9.17) is 0 Å². The van der Waals surface area contributed by atoms with E-state index in [-0.39, 0.29) is 6.54 Å². The molecule has 0 bridgehead atoms. The molecule has 0 aliphatic heterocycles. The summed E-state index contributed by atoms with van der Waals surface area (Å²) in [6, 6.07) is 0. The molecule has 0 aromatic carbocycles. The third-order valence-corrected chi connectivity index (χ3v) is 3.13. The minimum absolute atomic E-state index is 0.273. The van der Waals surface area contributed by atoms with Crippen LogP contribution in [0.2, 0.25) is 0 Å². The molecule has 0 aliphatic rings. The van der Waals surface area contributed by atoms with Crippen molar-refractivity contribution in [3.63, 3.8) is 0 Å². The zero-order valence-electron chi connectivity index (χ0n) is 11.3. The maximum absolute atomic E-state index is 11.0. The van der Waals surface area contributed by atoms with Gasteiger partial charge in [-0.05, 0) is 6.92 Å². The lowest BCUT2D eigenvalue weighted by molar-refractivity contribution is 0.589. The minimum Gasteiger partial charge on any atom is -0.367 e. The number of anilines is 2. The highest BCUT2D eigenvalue weighted by atomic mass is 32.2. The summed E-state index contributed by atoms with van der Waals surface area (Å²) in [5.74, 6) is 1.06. The van der Waals surface area contributed by atoms with Gasteiger partial charge in [0, 0.05) is 19.6 Å². The number of sulfonamides is 1. The van der Waals surface area contributed by atoms with Crippen molar-refractivity contribution in [3.8, 4) is 0 Å². The third kappa shape index (κ3) is 3.78. The Morgan fingerprint density at radius 2 is 2.05 bits per heavy atom. The number of rotatable bonds is 7. The van der Waals surface area contributed by atoms with Crippen molar-refractivity contribution in [1.29, 1.82) is 0 Å². The Morgan fingerprint density at radius 3 is 2.75 bits per heavy atom. The Hall–Kier alpha value is -1.94. The molecule has 0 unspecified atom stereocenters. The maximum atomic E-state index is 11.0. The smallest absolute Gasteiger partial charge is 0.226 e. The zero-order chi connectivity index (χ0) is 14.6. The van der Waals surface area contributed by atoms with Crippen molar-refractivity contribution < 1.29 is 8.42 Å². The van der Waals surface area contributed by atoms with Gasteiger partial charge in [0.05, 0.1) is 12.6 Å². The van der Waals surface area contributed by atoms with E-state index >= 15 is 0 Å². The van der Waals surface area contributed by atoms with Crippen LogP contribution in [-0.2, 0) is 10.0 Å². The Bertz CT molecular complexity index is 682. The van der Waals surface area contributed by atoms with Crippen LogP contribution in [0, 0.1) is 0 Å². The van der Waals surface area contributed by atoms with Crippen molar-refractivity contribution in [1.82, 2.24) is 24.7 Å². The number of imidazole rings is 1. The molecule has 0 amide bonds. The van der Waals surface area contributed by atoms with E-state index in [0.29, 0.717) is 36.0 Å². The molecule has 0 fully saturated rings. The van der Waals surface area contributed by atoms with Crippen molar-refractivity contribution in [2.45, 2.75) is 6.92 Å². The highest BCUT2D eigenvalue weighted by Crippen LogP contribution is 2.17. The van der Waals surface area contributed by atoms with Gasteiger partial charge in [-0.1, -0.05) is 0 Å². The summed E-state index contributed by atoms with van der Waals surface area (Å²) < 4.78 is 24.3. The first kappa shape index (κ1) is 14.5. The molecule has 0 atom stereocenters. The van der Waals surface area contributed by atoms with E-state index in [2.05, 4.69) is 35.3 Å². The maximum Gasteiger partial charge on any atom is 0.226 e. The van der Waals surface area contributed by atoms with Crippen LogP contribution < -0.4 is 15.4 Å². The number of aromatic nitrogens is 4. The summed E-state index contributed by atoms with van der Waals surface area (Å²) in [5.41, 5.74) is 1.24. The Kier molecular flexibility index (Phi) is 4.35. The summed E-state index contributed by atoms with van der Waals surface area (Å²) in [6.07, 6.45) is 2.66. The molecule has 0 spiro atoms. The fourth-order valence-electron chi connectivity index (χ4n) is 1.62. The van der Waals surface area contributed by atoms with E-state index < -0.39 is 10.0 Å². The second kappa shape index (κ2) is 6.01. The molecule has 2 aromatic heterocycles. The topological polar surface area (TPSA) is 125 Å². The van der Waals surface area contributed by atoms with Gasteiger partial charge in [0.1, 0.15) is 5.52 Å². The van der Waals surface area contributed by atoms with Crippen LogP contribution in [0.1, 0.15) is 6.92 Å². The van der Waals surface area contributed by atoms with Crippen LogP contribution in [-0.4, -0.2) is 54.2 Å². The van der Waals surface area contributed by atoms with Gasteiger partial charge in [-0.2, -0.15) is 9.97 Å². The van der Waals surface area contributed by atoms with E-state index in [1.54, 1.807) is 0 Å². The number of hydrogen-bond acceptors (Lipinski definition) is 7. The predicted molar refractivity (Wildman–Crippen MR) is 77.2 cm³/mol. The van der Waals surface area contributed by atoms with Gasteiger partial charge in [0.2, 0.25) is 16.0 Å². The molecular weight excluding hydrogens is 282 g/mol. The second-order valence-corrected chi connectivity index (χ2v) is 5.95. The summed E-state index contributed by atoms with van der Waals surface area (Å²) in [6.45, 7) is 3.32. The minimum atomic E-state index is -3.18. The van der Waals surface area contributed by atoms with Gasteiger partial charge in [-0.3, -0.25) is 0 Å². The normalized spacial score (nSPS) is 11.7. The quantitative estimate of drug-likeness (QED) is 0.519. The average Bonchev–Trinajstić information content (AvgIpc) is 2.82. The molecule has 110 valence electrons. The van der Waals surface area contributed by atoms with Gasteiger partial charge in [0.15, 0.2) is 11.5 Å². The van der Waals surface area contributed by atoms with E-state index in [9.17, 15) is 8.42 Å². The largest absolute Gasteiger partial charge is 0.367 e. The predicted octanol–water partition coefficient (Wildman–Crippen LogP) is -0.254. The Labute approximate surface area is 116 Å². The van der Waals surface area contributed by atoms with Gasteiger partial charge in [0.25, 0.3) is 0 Å². The standard InChI is InChI=1S/C10H17N7O2S/c1-3-11-10-16-8(7-9(17-10)14-6-13-7)12-4-5-15-20(2,18)19/h6,15H,3-5H2,1-2H3,(H3,11,12,13,14,16,17). The first-order valence-corrected chi connectivity index (χ1v) is 8.02. The molecule has 0 saturated heterocycles. The molecule has 20 heavy (non-hydrogen) atoms. The summed E-state index contributed by atoms with van der Waals surface area (Å²) in [7, 11) is -3.18. The number of H-pyrrole nitrogens is 1. The number of nitrogens with one attached hydrogen (secondary N) is 4. The van der Waals surface area contributed by atoms with Crippen LogP contribution >= 0.6 is 0 Å². The molecule has 2 heterocycles. The van der Waals surface area contributed by atoms with Crippen LogP contribution in [0.3, 0.4) is 0 Å². The molecule has 0 radical (unpaired) electrons. The molecule has 0 saturated carbocycles. The lowest BCUT2D eigenvalue weighted by Gasteiger charge is -2.08. The highest BCUT2D eigenvalue weighted by molar-refractivity contribution is 7.88. The molecule has 0 aliphatic carbocycles. The van der Waals surface area contributed by atoms with Gasteiger partial charge in [-0.15, -0.1) is 0 Å². The van der Waals surface area contributed by atoms with Crippen LogP contribution in [0.25, 0.3) is 11.2 Å². The summed E-state index contributed by atoms with van der Waals surface area (Å²) >= 11 is 0. The molecule has 2 rings (SSSR count). The van der Waals surface area contributed by atoms with Crippen LogP contribution in [0.4, 0.5) is 11.8 Å². The van der Waals surface area contributed by atoms with Crippen molar-refractivity contribution in [3.05, 3.63) is 6.33 Å². The fourth-order valence-corrected chi connectivity index (χ4v) is 2.09. The number of fused-ring (bicyclic) bond motifs is 1. The third-order valence-electron chi connectivity index (χ3n) is 2.40. The summed E-state index contributed by atoms with van der Waals surface area (Å²) in [4.78, 5) is 15.6. The zero-order valence-corrected chi connectivity index (χ0v) is 12.1. The van der Waals surface area contributed by atoms with Gasteiger partial charge in [-0.25, -0.2) is 18.1 Å². The molecule has 2 aromatic rings. The van der Waals surface area contributed by atoms with Crippen molar-refractivity contribution >= 4 is 33.0 Å². The Morgan fingerprint density at radius 1 is 1.25 bits per heavy atom. The molecule has 10 heteroatoms. The molecule has 9 nitrogen and oxygen atoms in total. The number of nitrogens with zero attached hydrogens (tertiary/aromatic N) is 3. The first-order chi connectivity index (χ1) is 9.49. The summed E-state index contributed by atoms with van der Waals surface area (Å²) in [5, 5.41) is 6.07. The first-order valence-electron chi connectivity index (χ1n) is 6.13. The Balaban J connectivity index is 2.09. The van der Waals surface area contributed by atoms with Crippen molar-refractivity contribution in [2.24, 2.45) is 0 Å². The van der Waals surface area contributed by atoms with Crippen LogP contribution in [0.5, 0.6) is 0 Å². The second-order valence-electron chi connectivity index (χ2n) is 4.12. The molecular formula is C10H17N7O2S. The SMILES string of the molecule is CCNc1nc(NCCNS(C)(=O)=O)c2[nH]cnc2n1. The monoisotopic (exact) mass is 299 g/mol. The number of aromatic amines is 1. The average molecular weight is 299 g/mol. The lowest BCUT2D eigenvalue weighted by atomic mass is 10.4. The van der Waals surface area contributed by atoms with E-state index in [1.807, 2.05) is 6.92 Å². The van der Waals surface area contributed by atoms with Gasteiger partial charge >= 0.3 is 0 Å². The van der Waals surface area contributed by atoms with Crippen LogP contribution in [0.15, 0.2) is 6.33 Å². The highest BCUT2D eigenvalue weighted by Gasteiger charge is 2.09. The molecule has 4 N–H and O–H groups in total. The fraction of sp³-hybridized carbons (Fsp3) is 0.500. The number of hydrogen-bond donors (Lipinski definition) is 4. The van der Waals surface area contributed by atoms with E-state index in [0.717, 1.165) is 6.26 Å². The van der Waals surface area contributed by atoms with E-state index in [1.165, 1.54) is 6.33 Å². The van der Waals surface area contributed by atoms with Crippen molar-refractivity contribution in [2.75, 3.05) is 36.5 Å². The van der Waals surface area contributed by atoms with Gasteiger partial charge < -0.3 is 15.6 Å². The lowest BCUT2D eigenvalue weighted by Crippen LogP contribution is -2.27.